The molecule has 8 bridgehead atoms. The Labute approximate surface area is 308 Å². The van der Waals surface area contributed by atoms with E-state index in [4.69, 9.17) is 9.97 Å². The topological polar surface area (TPSA) is 144 Å². The molecule has 280 valence electrons. The van der Waals surface area contributed by atoms with Crippen LogP contribution in [0.25, 0.3) is 33.2 Å². The number of hydrogen-bond acceptors (Lipinski definition) is 5. The molecule has 0 amide bonds. The highest BCUT2D eigenvalue weighted by molar-refractivity contribution is 6.24. The maximum atomic E-state index is 12.7. The van der Waals surface area contributed by atoms with E-state index in [0.717, 1.165) is 64.8 Å². The van der Waals surface area contributed by atoms with Crippen LogP contribution in [0.5, 0.6) is 0 Å². The minimum Gasteiger partial charge on any atom is -0.481 e. The van der Waals surface area contributed by atoms with Gasteiger partial charge < -0.3 is 25.5 Å². The van der Waals surface area contributed by atoms with Crippen LogP contribution in [0.2, 0.25) is 0 Å². The number of allylic oxidation sites excluding steroid dienone is 1. The van der Waals surface area contributed by atoms with Gasteiger partial charge >= 0.3 is 11.9 Å². The Morgan fingerprint density at radius 2 is 1.38 bits per heavy atom. The zero-order chi connectivity index (χ0) is 37.5. The number of aromatic amines is 2. The van der Waals surface area contributed by atoms with Crippen molar-refractivity contribution in [2.45, 2.75) is 144 Å². The molecule has 0 saturated heterocycles. The Bertz CT molecular complexity index is 1980. The summed E-state index contributed by atoms with van der Waals surface area (Å²) >= 11 is 0. The van der Waals surface area contributed by atoms with Crippen molar-refractivity contribution in [1.29, 1.82) is 0 Å². The lowest BCUT2D eigenvalue weighted by Crippen LogP contribution is -2.15. The second kappa shape index (κ2) is 17.5. The highest BCUT2D eigenvalue weighted by atomic mass is 16.4. The van der Waals surface area contributed by atoms with Gasteiger partial charge in [0, 0.05) is 58.3 Å². The van der Waals surface area contributed by atoms with E-state index in [1.807, 2.05) is 19.9 Å². The van der Waals surface area contributed by atoms with Gasteiger partial charge in [0.25, 0.3) is 0 Å². The average Bonchev–Trinajstić information content (AvgIpc) is 3.79. The first-order chi connectivity index (χ1) is 25.0. The fraction of sp³-hybridized carbons (Fsp3) is 0.535. The molecule has 2 aliphatic rings. The SMILES string of the molecule is CCCCCCCCCCCNCc1c(C)c2cc3nc(c(C)c4nc(cc5[nH]c(cc1[nH]2)c(C)c5CC)C(C)=C4C(=O)O)[C@@H](CCC(=O)O)[C@@H]3C. The normalized spacial score (nSPS) is 15.8. The number of carboxylic acid groups (broad SMARTS) is 2. The molecule has 0 aromatic carbocycles. The Balaban J connectivity index is 1.62. The molecule has 2 atom stereocenters. The van der Waals surface area contributed by atoms with E-state index in [-0.39, 0.29) is 23.8 Å². The summed E-state index contributed by atoms with van der Waals surface area (Å²) < 4.78 is 0. The highest BCUT2D eigenvalue weighted by Crippen LogP contribution is 2.43. The molecule has 2 aliphatic heterocycles. The molecule has 0 fully saturated rings. The fourth-order valence-electron chi connectivity index (χ4n) is 8.10. The van der Waals surface area contributed by atoms with Crippen LogP contribution in [0.15, 0.2) is 18.2 Å². The molecule has 0 radical (unpaired) electrons. The Morgan fingerprint density at radius 3 is 2.02 bits per heavy atom. The van der Waals surface area contributed by atoms with E-state index in [0.29, 0.717) is 34.6 Å². The van der Waals surface area contributed by atoms with Gasteiger partial charge in [0.2, 0.25) is 0 Å². The Hall–Kier alpha value is -4.24. The van der Waals surface area contributed by atoms with E-state index < -0.39 is 11.9 Å². The average molecular weight is 710 g/mol. The summed E-state index contributed by atoms with van der Waals surface area (Å²) in [7, 11) is 0. The first-order valence-electron chi connectivity index (χ1n) is 19.6. The van der Waals surface area contributed by atoms with Gasteiger partial charge in [-0.15, -0.1) is 0 Å². The number of rotatable bonds is 17. The fourth-order valence-corrected chi connectivity index (χ4v) is 8.10. The predicted molar refractivity (Wildman–Crippen MR) is 212 cm³/mol. The molecule has 3 aromatic heterocycles. The molecule has 52 heavy (non-hydrogen) atoms. The third kappa shape index (κ3) is 8.52. The monoisotopic (exact) mass is 709 g/mol. The van der Waals surface area contributed by atoms with Crippen LogP contribution in [0, 0.1) is 20.8 Å². The van der Waals surface area contributed by atoms with Crippen molar-refractivity contribution in [2.75, 3.05) is 6.54 Å². The summed E-state index contributed by atoms with van der Waals surface area (Å²) in [5.41, 5.74) is 12.6. The molecule has 9 heteroatoms. The number of aliphatic carboxylic acids is 2. The Kier molecular flexibility index (Phi) is 13.1. The van der Waals surface area contributed by atoms with Crippen molar-refractivity contribution in [1.82, 2.24) is 25.3 Å². The number of unbranched alkanes of at least 4 members (excludes halogenated alkanes) is 8. The van der Waals surface area contributed by atoms with Crippen LogP contribution in [0.3, 0.4) is 0 Å². The molecule has 5 rings (SSSR count). The molecule has 0 aliphatic carbocycles. The van der Waals surface area contributed by atoms with Gasteiger partial charge in [-0.25, -0.2) is 9.78 Å². The van der Waals surface area contributed by atoms with Crippen molar-refractivity contribution < 1.29 is 19.8 Å². The maximum absolute atomic E-state index is 12.7. The summed E-state index contributed by atoms with van der Waals surface area (Å²) in [5.74, 6) is -2.17. The number of carbonyl (C=O) groups is 2. The summed E-state index contributed by atoms with van der Waals surface area (Å²) in [6.07, 6.45) is 12.9. The molecule has 5 N–H and O–H groups in total. The van der Waals surface area contributed by atoms with E-state index in [1.165, 1.54) is 62.5 Å². The van der Waals surface area contributed by atoms with Crippen molar-refractivity contribution >= 4 is 45.2 Å². The lowest BCUT2D eigenvalue weighted by Gasteiger charge is -2.16. The molecule has 9 nitrogen and oxygen atoms in total. The first kappa shape index (κ1) is 39.0. The summed E-state index contributed by atoms with van der Waals surface area (Å²) in [6, 6.07) is 6.27. The van der Waals surface area contributed by atoms with E-state index in [9.17, 15) is 19.8 Å². The van der Waals surface area contributed by atoms with Crippen LogP contribution in [-0.4, -0.2) is 48.6 Å². The smallest absolute Gasteiger partial charge is 0.338 e. The minimum atomic E-state index is -1.04. The van der Waals surface area contributed by atoms with E-state index in [1.54, 1.807) is 0 Å². The number of aromatic nitrogens is 4. The lowest BCUT2D eigenvalue weighted by atomic mass is 9.85. The molecule has 5 heterocycles. The largest absolute Gasteiger partial charge is 0.481 e. The van der Waals surface area contributed by atoms with Crippen molar-refractivity contribution in [3.05, 3.63) is 68.8 Å². The zero-order valence-corrected chi connectivity index (χ0v) is 32.4. The molecule has 0 saturated carbocycles. The van der Waals surface area contributed by atoms with Gasteiger partial charge in [0.05, 0.1) is 17.0 Å². The molecule has 3 aromatic rings. The van der Waals surface area contributed by atoms with Crippen LogP contribution in [0.1, 0.15) is 161 Å². The van der Waals surface area contributed by atoms with Gasteiger partial charge in [-0.3, -0.25) is 9.78 Å². The number of nitrogens with one attached hydrogen (secondary N) is 3. The van der Waals surface area contributed by atoms with Gasteiger partial charge in [-0.2, -0.15) is 0 Å². The van der Waals surface area contributed by atoms with E-state index >= 15 is 0 Å². The predicted octanol–water partition coefficient (Wildman–Crippen LogP) is 10.2. The zero-order valence-electron chi connectivity index (χ0n) is 32.4. The molecular formula is C43H59N5O4. The van der Waals surface area contributed by atoms with Crippen LogP contribution < -0.4 is 5.32 Å². The summed E-state index contributed by atoms with van der Waals surface area (Å²) in [5, 5.41) is 23.8. The summed E-state index contributed by atoms with van der Waals surface area (Å²) in [6.45, 7) is 16.2. The first-order valence-corrected chi connectivity index (χ1v) is 19.6. The van der Waals surface area contributed by atoms with Crippen LogP contribution >= 0.6 is 0 Å². The third-order valence-corrected chi connectivity index (χ3v) is 11.4. The second-order valence-electron chi connectivity index (χ2n) is 14.9. The maximum Gasteiger partial charge on any atom is 0.338 e. The number of nitrogens with zero attached hydrogens (tertiary/aromatic N) is 2. The lowest BCUT2D eigenvalue weighted by molar-refractivity contribution is -0.137. The number of aryl methyl sites for hydroxylation is 3. The van der Waals surface area contributed by atoms with Gasteiger partial charge in [-0.05, 0) is 105 Å². The number of hydrogen-bond donors (Lipinski definition) is 5. The van der Waals surface area contributed by atoms with Gasteiger partial charge in [0.1, 0.15) is 0 Å². The van der Waals surface area contributed by atoms with Crippen molar-refractivity contribution in [3.8, 4) is 0 Å². The minimum absolute atomic E-state index is 0.00361. The van der Waals surface area contributed by atoms with Crippen LogP contribution in [-0.2, 0) is 22.6 Å². The standard InChI is InChI=1S/C43H59N5O4/c1-8-10-11-12-13-14-15-16-17-20-44-24-32-27(5)33-21-35-26(4)31(18-19-39(49)50)41(47-35)29(7)42-40(43(51)52)28(6)36(48-42)23-37-30(9-2)25(3)34(45-37)22-38(32)46-33/h21-23,26,31,44-46H,8-20,24H2,1-7H3,(H,49,50)(H,51,52)/t26-,31-/m0/s1. The Morgan fingerprint density at radius 1 is 0.769 bits per heavy atom. The number of carboxylic acids is 2. The molecular weight excluding hydrogens is 651 g/mol. The summed E-state index contributed by atoms with van der Waals surface area (Å²) in [4.78, 5) is 41.9. The third-order valence-electron chi connectivity index (χ3n) is 11.4. The van der Waals surface area contributed by atoms with Crippen molar-refractivity contribution in [2.24, 2.45) is 0 Å². The second-order valence-corrected chi connectivity index (χ2v) is 14.9. The molecule has 0 unspecified atom stereocenters. The van der Waals surface area contributed by atoms with Gasteiger partial charge in [0.15, 0.2) is 0 Å². The van der Waals surface area contributed by atoms with E-state index in [2.05, 4.69) is 62.0 Å². The quantitative estimate of drug-likeness (QED) is 0.0878. The number of fused-ring (bicyclic) bond motifs is 8. The van der Waals surface area contributed by atoms with Crippen LogP contribution in [0.4, 0.5) is 0 Å². The van der Waals surface area contributed by atoms with Crippen molar-refractivity contribution in [3.63, 3.8) is 0 Å². The molecule has 0 spiro atoms. The van der Waals surface area contributed by atoms with Gasteiger partial charge in [-0.1, -0.05) is 72.1 Å². The highest BCUT2D eigenvalue weighted by Gasteiger charge is 2.33. The number of H-pyrrole nitrogens is 2.